The van der Waals surface area contributed by atoms with E-state index in [1.807, 2.05) is 29.3 Å². The highest BCUT2D eigenvalue weighted by Crippen LogP contribution is 2.29. The van der Waals surface area contributed by atoms with Crippen molar-refractivity contribution in [2.24, 2.45) is 5.92 Å². The lowest BCUT2D eigenvalue weighted by Gasteiger charge is -2.33. The quantitative estimate of drug-likeness (QED) is 0.835. The standard InChI is InChI=1S/C21H25N3O/c1-16-6-4-10-23(15-16)19-12-18(13-22-14-19)21(25)24-11-5-8-17-7-2-3-9-20(17)24/h2-3,7,9,12-14,16H,4-6,8,10-11,15H2,1H3. The number of rotatable bonds is 2. The minimum Gasteiger partial charge on any atom is -0.370 e. The zero-order valence-corrected chi connectivity index (χ0v) is 14.8. The molecule has 2 aliphatic rings. The van der Waals surface area contributed by atoms with Crippen molar-refractivity contribution in [2.45, 2.75) is 32.6 Å². The lowest BCUT2D eigenvalue weighted by Crippen LogP contribution is -2.36. The molecule has 4 rings (SSSR count). The molecule has 1 atom stereocenters. The third kappa shape index (κ3) is 3.26. The molecule has 0 saturated carbocycles. The van der Waals surface area contributed by atoms with Gasteiger partial charge in [-0.05, 0) is 49.3 Å². The minimum absolute atomic E-state index is 0.0616. The number of aryl methyl sites for hydroxylation is 1. The van der Waals surface area contributed by atoms with E-state index >= 15 is 0 Å². The van der Waals surface area contributed by atoms with E-state index < -0.39 is 0 Å². The number of aromatic nitrogens is 1. The van der Waals surface area contributed by atoms with Crippen molar-refractivity contribution in [1.82, 2.24) is 4.98 Å². The molecule has 1 aromatic carbocycles. The SMILES string of the molecule is CC1CCCN(c2cncc(C(=O)N3CCCc4ccccc43)c2)C1. The lowest BCUT2D eigenvalue weighted by atomic mass is 9.99. The Morgan fingerprint density at radius 1 is 1.16 bits per heavy atom. The fourth-order valence-corrected chi connectivity index (χ4v) is 4.04. The van der Waals surface area contributed by atoms with E-state index in [2.05, 4.69) is 28.9 Å². The first kappa shape index (κ1) is 16.1. The van der Waals surface area contributed by atoms with Gasteiger partial charge >= 0.3 is 0 Å². The van der Waals surface area contributed by atoms with E-state index in [0.717, 1.165) is 43.9 Å². The Balaban J connectivity index is 1.60. The highest BCUT2D eigenvalue weighted by molar-refractivity contribution is 6.07. The minimum atomic E-state index is 0.0616. The van der Waals surface area contributed by atoms with Crippen LogP contribution in [0.2, 0.25) is 0 Å². The number of carbonyl (C=O) groups excluding carboxylic acids is 1. The van der Waals surface area contributed by atoms with Gasteiger partial charge in [0.15, 0.2) is 0 Å². The smallest absolute Gasteiger partial charge is 0.259 e. The van der Waals surface area contributed by atoms with Gasteiger partial charge in [-0.1, -0.05) is 25.1 Å². The summed E-state index contributed by atoms with van der Waals surface area (Å²) in [5.74, 6) is 0.758. The molecule has 130 valence electrons. The highest BCUT2D eigenvalue weighted by Gasteiger charge is 2.24. The molecule has 0 bridgehead atoms. The first-order chi connectivity index (χ1) is 12.2. The van der Waals surface area contributed by atoms with Gasteiger partial charge in [-0.2, -0.15) is 0 Å². The second-order valence-corrected chi connectivity index (χ2v) is 7.31. The van der Waals surface area contributed by atoms with Gasteiger partial charge in [0.1, 0.15) is 0 Å². The largest absolute Gasteiger partial charge is 0.370 e. The van der Waals surface area contributed by atoms with Crippen molar-refractivity contribution in [2.75, 3.05) is 29.4 Å². The maximum absolute atomic E-state index is 13.1. The van der Waals surface area contributed by atoms with E-state index in [0.29, 0.717) is 11.5 Å². The third-order valence-corrected chi connectivity index (χ3v) is 5.35. The van der Waals surface area contributed by atoms with Crippen LogP contribution >= 0.6 is 0 Å². The van der Waals surface area contributed by atoms with E-state index in [1.54, 1.807) is 6.20 Å². The summed E-state index contributed by atoms with van der Waals surface area (Å²) < 4.78 is 0. The summed E-state index contributed by atoms with van der Waals surface area (Å²) in [4.78, 5) is 21.8. The monoisotopic (exact) mass is 335 g/mol. The van der Waals surface area contributed by atoms with Crippen LogP contribution in [0.5, 0.6) is 0 Å². The molecule has 1 fully saturated rings. The molecule has 0 radical (unpaired) electrons. The van der Waals surface area contributed by atoms with Crippen LogP contribution in [0.3, 0.4) is 0 Å². The Hall–Kier alpha value is -2.36. The van der Waals surface area contributed by atoms with Gasteiger partial charge in [-0.25, -0.2) is 0 Å². The Bertz CT molecular complexity index is 773. The first-order valence-electron chi connectivity index (χ1n) is 9.32. The molecular weight excluding hydrogens is 310 g/mol. The summed E-state index contributed by atoms with van der Waals surface area (Å²) >= 11 is 0. The maximum Gasteiger partial charge on any atom is 0.259 e. The number of nitrogens with zero attached hydrogens (tertiary/aromatic N) is 3. The first-order valence-corrected chi connectivity index (χ1v) is 9.32. The molecule has 0 spiro atoms. The van der Waals surface area contributed by atoms with Crippen molar-refractivity contribution < 1.29 is 4.79 Å². The normalized spacial score (nSPS) is 20.3. The number of fused-ring (bicyclic) bond motifs is 1. The number of amides is 1. The van der Waals surface area contributed by atoms with Gasteiger partial charge < -0.3 is 9.80 Å². The van der Waals surface area contributed by atoms with Gasteiger partial charge in [0.2, 0.25) is 0 Å². The van der Waals surface area contributed by atoms with E-state index in [9.17, 15) is 4.79 Å². The van der Waals surface area contributed by atoms with Crippen LogP contribution < -0.4 is 9.80 Å². The number of anilines is 2. The van der Waals surface area contributed by atoms with Crippen molar-refractivity contribution in [3.8, 4) is 0 Å². The molecule has 4 nitrogen and oxygen atoms in total. The number of hydrogen-bond acceptors (Lipinski definition) is 3. The van der Waals surface area contributed by atoms with Crippen LogP contribution in [-0.2, 0) is 6.42 Å². The molecule has 25 heavy (non-hydrogen) atoms. The van der Waals surface area contributed by atoms with Crippen molar-refractivity contribution >= 4 is 17.3 Å². The molecule has 1 saturated heterocycles. The average molecular weight is 335 g/mol. The van der Waals surface area contributed by atoms with Crippen LogP contribution in [0.25, 0.3) is 0 Å². The average Bonchev–Trinajstić information content (AvgIpc) is 2.67. The Morgan fingerprint density at radius 2 is 2.04 bits per heavy atom. The second-order valence-electron chi connectivity index (χ2n) is 7.31. The molecule has 0 N–H and O–H groups in total. The Morgan fingerprint density at radius 3 is 2.92 bits per heavy atom. The third-order valence-electron chi connectivity index (χ3n) is 5.35. The van der Waals surface area contributed by atoms with Crippen LogP contribution in [-0.4, -0.2) is 30.5 Å². The molecule has 1 amide bonds. The number of benzene rings is 1. The Kier molecular flexibility index (Phi) is 4.43. The van der Waals surface area contributed by atoms with Crippen molar-refractivity contribution in [3.05, 3.63) is 53.9 Å². The number of hydrogen-bond donors (Lipinski definition) is 0. The number of para-hydroxylation sites is 1. The topological polar surface area (TPSA) is 36.4 Å². The predicted molar refractivity (Wildman–Crippen MR) is 101 cm³/mol. The van der Waals surface area contributed by atoms with Gasteiger partial charge in [0.05, 0.1) is 17.4 Å². The van der Waals surface area contributed by atoms with Crippen LogP contribution in [0, 0.1) is 5.92 Å². The lowest BCUT2D eigenvalue weighted by molar-refractivity contribution is 0.0985. The zero-order chi connectivity index (χ0) is 17.2. The molecule has 1 aromatic heterocycles. The molecular formula is C21H25N3O. The zero-order valence-electron chi connectivity index (χ0n) is 14.8. The summed E-state index contributed by atoms with van der Waals surface area (Å²) in [5, 5.41) is 0. The van der Waals surface area contributed by atoms with E-state index in [1.165, 1.54) is 18.4 Å². The van der Waals surface area contributed by atoms with Crippen LogP contribution in [0.15, 0.2) is 42.7 Å². The number of pyridine rings is 1. The molecule has 2 aliphatic heterocycles. The molecule has 4 heteroatoms. The highest BCUT2D eigenvalue weighted by atomic mass is 16.2. The molecule has 1 unspecified atom stereocenters. The predicted octanol–water partition coefficient (Wildman–Crippen LogP) is 3.91. The fraction of sp³-hybridized carbons (Fsp3) is 0.429. The van der Waals surface area contributed by atoms with E-state index in [4.69, 9.17) is 0 Å². The maximum atomic E-state index is 13.1. The van der Waals surface area contributed by atoms with Gasteiger partial charge in [-0.15, -0.1) is 0 Å². The molecule has 3 heterocycles. The van der Waals surface area contributed by atoms with Crippen molar-refractivity contribution in [3.63, 3.8) is 0 Å². The van der Waals surface area contributed by atoms with E-state index in [-0.39, 0.29) is 5.91 Å². The summed E-state index contributed by atoms with van der Waals surface area (Å²) in [6.45, 7) is 5.17. The fourth-order valence-electron chi connectivity index (χ4n) is 4.04. The molecule has 0 aliphatic carbocycles. The van der Waals surface area contributed by atoms with Crippen LogP contribution in [0.4, 0.5) is 11.4 Å². The number of carbonyl (C=O) groups is 1. The van der Waals surface area contributed by atoms with Gasteiger partial charge in [0, 0.05) is 31.5 Å². The van der Waals surface area contributed by atoms with Gasteiger partial charge in [-0.3, -0.25) is 9.78 Å². The van der Waals surface area contributed by atoms with Crippen LogP contribution in [0.1, 0.15) is 42.1 Å². The molecule has 2 aromatic rings. The number of piperidine rings is 1. The summed E-state index contributed by atoms with van der Waals surface area (Å²) in [7, 11) is 0. The summed E-state index contributed by atoms with van der Waals surface area (Å²) in [5.41, 5.74) is 4.07. The van der Waals surface area contributed by atoms with Gasteiger partial charge in [0.25, 0.3) is 5.91 Å². The van der Waals surface area contributed by atoms with Crippen molar-refractivity contribution in [1.29, 1.82) is 0 Å². The summed E-state index contributed by atoms with van der Waals surface area (Å²) in [6.07, 6.45) is 8.14. The summed E-state index contributed by atoms with van der Waals surface area (Å²) in [6, 6.07) is 10.2. The Labute approximate surface area is 149 Å². The second kappa shape index (κ2) is 6.87.